The topological polar surface area (TPSA) is 60.2 Å². The maximum absolute atomic E-state index is 8.77. The number of hydrogen-bond donors (Lipinski definition) is 2. The molecule has 2 aromatic carbocycles. The fourth-order valence-corrected chi connectivity index (χ4v) is 1.89. The van der Waals surface area contributed by atoms with E-state index in [-0.39, 0.29) is 24.0 Å². The van der Waals surface area contributed by atoms with Gasteiger partial charge in [-0.3, -0.25) is 4.99 Å². The Hall–Kier alpha value is -2.07. The zero-order chi connectivity index (χ0) is 14.9. The Bertz CT molecular complexity index is 630. The number of benzene rings is 2. The number of halogens is 1. The molecule has 2 aromatic rings. The quantitative estimate of drug-likeness (QED) is 0.466. The first-order valence-electron chi connectivity index (χ1n) is 6.79. The zero-order valence-electron chi connectivity index (χ0n) is 12.4. The van der Waals surface area contributed by atoms with Gasteiger partial charge in [0.05, 0.1) is 11.6 Å². The molecular weight excluding hydrogens is 387 g/mol. The third-order valence-corrected chi connectivity index (χ3v) is 3.07. The Morgan fingerprint density at radius 3 is 2.00 bits per heavy atom. The van der Waals surface area contributed by atoms with Gasteiger partial charge in [-0.15, -0.1) is 24.0 Å². The standard InChI is InChI=1S/C17H18N4.HI/c1-19-17(20-12-15-5-3-2-4-6-15)21-13-16-9-7-14(11-18)8-10-16;/h2-10H,12-13H2,1H3,(H2,19,20,21);1H. The van der Waals surface area contributed by atoms with Gasteiger partial charge in [-0.1, -0.05) is 42.5 Å². The molecule has 5 heteroatoms. The van der Waals surface area contributed by atoms with E-state index in [4.69, 9.17) is 5.26 Å². The van der Waals surface area contributed by atoms with Gasteiger partial charge in [-0.2, -0.15) is 5.26 Å². The third kappa shape index (κ3) is 5.74. The summed E-state index contributed by atoms with van der Waals surface area (Å²) in [6.45, 7) is 1.40. The van der Waals surface area contributed by atoms with Crippen LogP contribution < -0.4 is 10.6 Å². The van der Waals surface area contributed by atoms with Crippen molar-refractivity contribution in [2.45, 2.75) is 13.1 Å². The maximum atomic E-state index is 8.77. The second kappa shape index (κ2) is 9.79. The Morgan fingerprint density at radius 2 is 1.50 bits per heavy atom. The second-order valence-corrected chi connectivity index (χ2v) is 4.57. The zero-order valence-corrected chi connectivity index (χ0v) is 14.7. The van der Waals surface area contributed by atoms with Crippen LogP contribution in [-0.4, -0.2) is 13.0 Å². The van der Waals surface area contributed by atoms with Gasteiger partial charge in [0.25, 0.3) is 0 Å². The van der Waals surface area contributed by atoms with Crippen LogP contribution in [0.5, 0.6) is 0 Å². The van der Waals surface area contributed by atoms with Crippen LogP contribution in [0.1, 0.15) is 16.7 Å². The van der Waals surface area contributed by atoms with Crippen molar-refractivity contribution in [1.29, 1.82) is 5.26 Å². The highest BCUT2D eigenvalue weighted by molar-refractivity contribution is 14.0. The molecule has 0 amide bonds. The Balaban J connectivity index is 0.00000242. The number of hydrogen-bond acceptors (Lipinski definition) is 2. The molecule has 0 saturated carbocycles. The van der Waals surface area contributed by atoms with Crippen LogP contribution in [0.25, 0.3) is 0 Å². The molecule has 2 N–H and O–H groups in total. The summed E-state index contributed by atoms with van der Waals surface area (Å²) in [5, 5.41) is 15.3. The Labute approximate surface area is 148 Å². The third-order valence-electron chi connectivity index (χ3n) is 3.07. The molecular formula is C17H19IN4. The Morgan fingerprint density at radius 1 is 0.955 bits per heavy atom. The van der Waals surface area contributed by atoms with Gasteiger partial charge < -0.3 is 10.6 Å². The average molecular weight is 406 g/mol. The highest BCUT2D eigenvalue weighted by atomic mass is 127. The van der Waals surface area contributed by atoms with Gasteiger partial charge in [-0.05, 0) is 23.3 Å². The highest BCUT2D eigenvalue weighted by Crippen LogP contribution is 2.03. The number of nitrogens with one attached hydrogen (secondary N) is 2. The van der Waals surface area contributed by atoms with E-state index in [1.165, 1.54) is 5.56 Å². The first kappa shape index (κ1) is 18.0. The van der Waals surface area contributed by atoms with Crippen molar-refractivity contribution in [3.8, 4) is 6.07 Å². The van der Waals surface area contributed by atoms with E-state index in [2.05, 4.69) is 33.8 Å². The fourth-order valence-electron chi connectivity index (χ4n) is 1.89. The van der Waals surface area contributed by atoms with Crippen LogP contribution in [-0.2, 0) is 13.1 Å². The van der Waals surface area contributed by atoms with Crippen LogP contribution >= 0.6 is 24.0 Å². The van der Waals surface area contributed by atoms with E-state index in [0.717, 1.165) is 18.1 Å². The summed E-state index contributed by atoms with van der Waals surface area (Å²) in [5.74, 6) is 0.753. The van der Waals surface area contributed by atoms with Crippen LogP contribution in [0.15, 0.2) is 59.6 Å². The van der Waals surface area contributed by atoms with Crippen molar-refractivity contribution in [2.24, 2.45) is 4.99 Å². The monoisotopic (exact) mass is 406 g/mol. The molecule has 0 saturated heterocycles. The van der Waals surface area contributed by atoms with E-state index >= 15 is 0 Å². The molecule has 2 rings (SSSR count). The summed E-state index contributed by atoms with van der Waals surface area (Å²) >= 11 is 0. The minimum Gasteiger partial charge on any atom is -0.352 e. The molecule has 0 fully saturated rings. The van der Waals surface area contributed by atoms with E-state index in [1.54, 1.807) is 7.05 Å². The molecule has 114 valence electrons. The minimum absolute atomic E-state index is 0. The second-order valence-electron chi connectivity index (χ2n) is 4.57. The van der Waals surface area contributed by atoms with Crippen molar-refractivity contribution in [3.63, 3.8) is 0 Å². The van der Waals surface area contributed by atoms with Crippen molar-refractivity contribution >= 4 is 29.9 Å². The molecule has 0 radical (unpaired) electrons. The lowest BCUT2D eigenvalue weighted by Gasteiger charge is -2.12. The van der Waals surface area contributed by atoms with E-state index in [9.17, 15) is 0 Å². The SMILES string of the molecule is CN=C(NCc1ccccc1)NCc1ccc(C#N)cc1.I. The molecule has 0 atom stereocenters. The summed E-state index contributed by atoms with van der Waals surface area (Å²) in [4.78, 5) is 4.19. The van der Waals surface area contributed by atoms with Crippen molar-refractivity contribution in [2.75, 3.05) is 7.05 Å². The molecule has 0 unspecified atom stereocenters. The first-order valence-corrected chi connectivity index (χ1v) is 6.79. The maximum Gasteiger partial charge on any atom is 0.191 e. The summed E-state index contributed by atoms with van der Waals surface area (Å²) in [7, 11) is 1.75. The number of nitrogens with zero attached hydrogens (tertiary/aromatic N) is 2. The lowest BCUT2D eigenvalue weighted by atomic mass is 10.1. The number of guanidine groups is 1. The van der Waals surface area contributed by atoms with E-state index in [1.807, 2.05) is 42.5 Å². The van der Waals surface area contributed by atoms with Gasteiger partial charge in [-0.25, -0.2) is 0 Å². The van der Waals surface area contributed by atoms with Crippen LogP contribution in [0.3, 0.4) is 0 Å². The highest BCUT2D eigenvalue weighted by Gasteiger charge is 1.99. The number of aliphatic imine (C=N–C) groups is 1. The summed E-state index contributed by atoms with van der Waals surface area (Å²) < 4.78 is 0. The molecule has 0 bridgehead atoms. The lowest BCUT2D eigenvalue weighted by Crippen LogP contribution is -2.36. The molecule has 0 heterocycles. The van der Waals surface area contributed by atoms with Crippen LogP contribution in [0.2, 0.25) is 0 Å². The number of rotatable bonds is 4. The normalized spacial score (nSPS) is 10.3. The largest absolute Gasteiger partial charge is 0.352 e. The lowest BCUT2D eigenvalue weighted by molar-refractivity contribution is 0.809. The Kier molecular flexibility index (Phi) is 8.00. The summed E-state index contributed by atoms with van der Waals surface area (Å²) in [5.41, 5.74) is 2.99. The molecule has 0 aliphatic rings. The van der Waals surface area contributed by atoms with Crippen LogP contribution in [0.4, 0.5) is 0 Å². The van der Waals surface area contributed by atoms with Gasteiger partial charge in [0.2, 0.25) is 0 Å². The molecule has 4 nitrogen and oxygen atoms in total. The summed E-state index contributed by atoms with van der Waals surface area (Å²) in [6, 6.07) is 19.8. The minimum atomic E-state index is 0. The average Bonchev–Trinajstić information content (AvgIpc) is 2.56. The number of nitriles is 1. The van der Waals surface area contributed by atoms with E-state index < -0.39 is 0 Å². The predicted molar refractivity (Wildman–Crippen MR) is 100 cm³/mol. The molecule has 0 aliphatic heterocycles. The van der Waals surface area contributed by atoms with Gasteiger partial charge in [0.15, 0.2) is 5.96 Å². The van der Waals surface area contributed by atoms with E-state index in [0.29, 0.717) is 12.1 Å². The van der Waals surface area contributed by atoms with Gasteiger partial charge in [0.1, 0.15) is 0 Å². The van der Waals surface area contributed by atoms with Crippen LogP contribution in [0, 0.1) is 11.3 Å². The predicted octanol–water partition coefficient (Wildman–Crippen LogP) is 3.04. The molecule has 22 heavy (non-hydrogen) atoms. The molecule has 0 spiro atoms. The first-order chi connectivity index (χ1) is 10.3. The smallest absolute Gasteiger partial charge is 0.191 e. The van der Waals surface area contributed by atoms with Crippen molar-refractivity contribution < 1.29 is 0 Å². The molecule has 0 aliphatic carbocycles. The molecule has 0 aromatic heterocycles. The van der Waals surface area contributed by atoms with Gasteiger partial charge >= 0.3 is 0 Å². The van der Waals surface area contributed by atoms with Crippen molar-refractivity contribution in [3.05, 3.63) is 71.3 Å². The summed E-state index contributed by atoms with van der Waals surface area (Å²) in [6.07, 6.45) is 0. The fraction of sp³-hybridized carbons (Fsp3) is 0.176. The van der Waals surface area contributed by atoms with Crippen molar-refractivity contribution in [1.82, 2.24) is 10.6 Å². The van der Waals surface area contributed by atoms with Gasteiger partial charge in [0, 0.05) is 20.1 Å².